The summed E-state index contributed by atoms with van der Waals surface area (Å²) in [5, 5.41) is 7.13. The van der Waals surface area contributed by atoms with Gasteiger partial charge in [-0.15, -0.1) is 0 Å². The van der Waals surface area contributed by atoms with Crippen molar-refractivity contribution in [2.45, 2.75) is 69.1 Å². The monoisotopic (exact) mass is 534 g/mol. The number of halogens is 1. The highest BCUT2D eigenvalue weighted by Gasteiger charge is 2.39. The maximum atomic E-state index is 11.8. The van der Waals surface area contributed by atoms with Gasteiger partial charge in [0.05, 0.1) is 19.1 Å². The zero-order chi connectivity index (χ0) is 25.3. The van der Waals surface area contributed by atoms with Crippen molar-refractivity contribution in [2.75, 3.05) is 37.2 Å². The maximum absolute atomic E-state index is 11.8. The molecule has 1 aromatic carbocycles. The van der Waals surface area contributed by atoms with Crippen molar-refractivity contribution >= 4 is 39.1 Å². The first-order valence-electron chi connectivity index (χ1n) is 12.7. The van der Waals surface area contributed by atoms with Crippen LogP contribution in [0.4, 0.5) is 17.5 Å². The third kappa shape index (κ3) is 5.78. The van der Waals surface area contributed by atoms with Gasteiger partial charge in [0.1, 0.15) is 5.02 Å². The molecule has 196 valence electrons. The highest BCUT2D eigenvalue weighted by Crippen LogP contribution is 2.44. The number of aromatic nitrogens is 2. The molecule has 1 saturated carbocycles. The first-order valence-corrected chi connectivity index (χ1v) is 15.0. The summed E-state index contributed by atoms with van der Waals surface area (Å²) in [4.78, 5) is 11.6. The predicted molar refractivity (Wildman–Crippen MR) is 142 cm³/mol. The summed E-state index contributed by atoms with van der Waals surface area (Å²) in [6, 6.07) is 7.25. The van der Waals surface area contributed by atoms with E-state index in [4.69, 9.17) is 16.3 Å². The van der Waals surface area contributed by atoms with Crippen molar-refractivity contribution in [3.05, 3.63) is 40.5 Å². The predicted octanol–water partition coefficient (Wildman–Crippen LogP) is 3.85. The summed E-state index contributed by atoms with van der Waals surface area (Å²) in [6.45, 7) is 1.70. The molecular formula is C25H35ClN6O3S. The minimum absolute atomic E-state index is 0.0918. The molecule has 11 heteroatoms. The van der Waals surface area contributed by atoms with Crippen molar-refractivity contribution in [3.8, 4) is 0 Å². The van der Waals surface area contributed by atoms with Crippen molar-refractivity contribution in [3.63, 3.8) is 0 Å². The number of rotatable bonds is 9. The molecule has 1 saturated heterocycles. The van der Waals surface area contributed by atoms with E-state index >= 15 is 0 Å². The number of hydrogen-bond acceptors (Lipinski definition) is 8. The van der Waals surface area contributed by atoms with E-state index in [0.29, 0.717) is 28.9 Å². The molecule has 3 heterocycles. The van der Waals surface area contributed by atoms with E-state index in [1.165, 1.54) is 30.2 Å². The first kappa shape index (κ1) is 25.7. The summed E-state index contributed by atoms with van der Waals surface area (Å²) in [6.07, 6.45) is 9.85. The quantitative estimate of drug-likeness (QED) is 0.445. The Morgan fingerprint density at radius 2 is 1.97 bits per heavy atom. The summed E-state index contributed by atoms with van der Waals surface area (Å²) in [5.74, 6) is 0.949. The van der Waals surface area contributed by atoms with Gasteiger partial charge in [0.2, 0.25) is 16.0 Å². The smallest absolute Gasteiger partial charge is 0.229 e. The number of nitrogens with zero attached hydrogens (tertiary/aromatic N) is 3. The Balaban J connectivity index is 1.32. The van der Waals surface area contributed by atoms with E-state index < -0.39 is 10.0 Å². The van der Waals surface area contributed by atoms with Crippen LogP contribution >= 0.6 is 11.6 Å². The molecule has 2 fully saturated rings. The van der Waals surface area contributed by atoms with Crippen LogP contribution in [0.2, 0.25) is 5.02 Å². The zero-order valence-electron chi connectivity index (χ0n) is 20.8. The van der Waals surface area contributed by atoms with E-state index in [9.17, 15) is 8.42 Å². The number of anilines is 3. The molecular weight excluding hydrogens is 500 g/mol. The molecule has 0 radical (unpaired) electrons. The van der Waals surface area contributed by atoms with E-state index in [1.807, 2.05) is 0 Å². The van der Waals surface area contributed by atoms with Gasteiger partial charge in [-0.25, -0.2) is 18.1 Å². The molecule has 2 unspecified atom stereocenters. The van der Waals surface area contributed by atoms with Crippen LogP contribution in [0.3, 0.4) is 0 Å². The fourth-order valence-electron chi connectivity index (χ4n) is 6.00. The highest BCUT2D eigenvalue weighted by molar-refractivity contribution is 7.88. The number of benzene rings is 1. The molecule has 1 aliphatic carbocycles. The van der Waals surface area contributed by atoms with E-state index in [-0.39, 0.29) is 12.1 Å². The Kier molecular flexibility index (Phi) is 7.69. The van der Waals surface area contributed by atoms with Crippen LogP contribution in [0.1, 0.15) is 55.7 Å². The Hall–Kier alpha value is -1.98. The third-order valence-electron chi connectivity index (χ3n) is 7.61. The molecule has 36 heavy (non-hydrogen) atoms. The summed E-state index contributed by atoms with van der Waals surface area (Å²) in [7, 11) is -1.55. The Morgan fingerprint density at radius 3 is 2.75 bits per heavy atom. The fourth-order valence-corrected chi connectivity index (χ4v) is 6.98. The molecule has 9 nitrogen and oxygen atoms in total. The van der Waals surface area contributed by atoms with Gasteiger partial charge in [0.15, 0.2) is 5.82 Å². The number of hydrogen-bond donors (Lipinski definition) is 3. The van der Waals surface area contributed by atoms with Gasteiger partial charge in [-0.05, 0) is 55.4 Å². The van der Waals surface area contributed by atoms with Gasteiger partial charge in [-0.2, -0.15) is 4.98 Å². The molecule has 2 aliphatic heterocycles. The molecule has 1 aromatic heterocycles. The van der Waals surface area contributed by atoms with Crippen LogP contribution in [0, 0.1) is 0 Å². The van der Waals surface area contributed by atoms with Crippen molar-refractivity contribution in [1.29, 1.82) is 0 Å². The Morgan fingerprint density at radius 1 is 1.17 bits per heavy atom. The summed E-state index contributed by atoms with van der Waals surface area (Å²) in [5.41, 5.74) is 3.73. The standard InChI is InChI=1S/C25H35ClN6O3S/c1-35-12-11-32-18-9-10-23(32)19-14-17(8-7-16(19)13-18)28-25-27-15-20(26)24(30-25)29-21-5-3-4-6-22(21)31-36(2,33)34/h7-8,14-15,18,21-23,31H,3-6,9-13H2,1-2H3,(H2,27,28,29,30)/t18?,21-,22-,23?/m1/s1. The molecule has 2 bridgehead atoms. The summed E-state index contributed by atoms with van der Waals surface area (Å²) >= 11 is 6.42. The Labute approximate surface area is 218 Å². The fraction of sp³-hybridized carbons (Fsp3) is 0.600. The van der Waals surface area contributed by atoms with Gasteiger partial charge in [-0.3, -0.25) is 4.90 Å². The van der Waals surface area contributed by atoms with Crippen LogP contribution in [-0.4, -0.2) is 67.9 Å². The van der Waals surface area contributed by atoms with E-state index in [1.54, 1.807) is 13.3 Å². The van der Waals surface area contributed by atoms with Crippen molar-refractivity contribution in [1.82, 2.24) is 19.6 Å². The topological polar surface area (TPSA) is 108 Å². The van der Waals surface area contributed by atoms with Gasteiger partial charge in [0, 0.05) is 43.5 Å². The number of sulfonamides is 1. The molecule has 4 atom stereocenters. The van der Waals surface area contributed by atoms with Crippen LogP contribution in [0.25, 0.3) is 0 Å². The second-order valence-corrected chi connectivity index (χ2v) is 12.3. The minimum atomic E-state index is -3.31. The van der Waals surface area contributed by atoms with Crippen molar-refractivity contribution < 1.29 is 13.2 Å². The number of fused-ring (bicyclic) bond motifs is 4. The van der Waals surface area contributed by atoms with Gasteiger partial charge < -0.3 is 15.4 Å². The lowest BCUT2D eigenvalue weighted by molar-refractivity contribution is 0.109. The zero-order valence-corrected chi connectivity index (χ0v) is 22.4. The Bertz CT molecular complexity index is 1200. The van der Waals surface area contributed by atoms with Crippen LogP contribution < -0.4 is 15.4 Å². The molecule has 0 amide bonds. The SMILES string of the molecule is COCCN1C2CCC1c1cc(Nc3ncc(Cl)c(N[C@@H]4CCCC[C@H]4NS(C)(=O)=O)n3)ccc1C2. The average Bonchev–Trinajstić information content (AvgIpc) is 3.13. The van der Waals surface area contributed by atoms with Gasteiger partial charge in [-0.1, -0.05) is 30.5 Å². The highest BCUT2D eigenvalue weighted by atomic mass is 35.5. The third-order valence-corrected chi connectivity index (χ3v) is 8.62. The van der Waals surface area contributed by atoms with Crippen LogP contribution in [0.15, 0.2) is 24.4 Å². The van der Waals surface area contributed by atoms with Crippen LogP contribution in [-0.2, 0) is 21.2 Å². The average molecular weight is 535 g/mol. The van der Waals surface area contributed by atoms with Gasteiger partial charge in [0.25, 0.3) is 0 Å². The lowest BCUT2D eigenvalue weighted by Crippen LogP contribution is -2.48. The maximum Gasteiger partial charge on any atom is 0.229 e. The number of methoxy groups -OCH3 is 1. The normalized spacial score (nSPS) is 26.0. The van der Waals surface area contributed by atoms with Crippen LogP contribution in [0.5, 0.6) is 0 Å². The van der Waals surface area contributed by atoms with Crippen molar-refractivity contribution in [2.24, 2.45) is 0 Å². The molecule has 5 rings (SSSR count). The molecule has 3 aliphatic rings. The largest absolute Gasteiger partial charge is 0.383 e. The second-order valence-electron chi connectivity index (χ2n) is 10.1. The number of ether oxygens (including phenoxy) is 1. The minimum Gasteiger partial charge on any atom is -0.383 e. The molecule has 2 aromatic rings. The van der Waals surface area contributed by atoms with E-state index in [0.717, 1.165) is 50.9 Å². The molecule has 3 N–H and O–H groups in total. The lowest BCUT2D eigenvalue weighted by Gasteiger charge is -2.36. The molecule has 0 spiro atoms. The lowest BCUT2D eigenvalue weighted by atomic mass is 9.91. The first-order chi connectivity index (χ1) is 17.3. The second kappa shape index (κ2) is 10.8. The van der Waals surface area contributed by atoms with E-state index in [2.05, 4.69) is 48.4 Å². The number of nitrogens with one attached hydrogen (secondary N) is 3. The summed E-state index contributed by atoms with van der Waals surface area (Å²) < 4.78 is 31.8. The van der Waals surface area contributed by atoms with Gasteiger partial charge >= 0.3 is 0 Å².